The molecule has 0 saturated carbocycles. The van der Waals surface area contributed by atoms with Crippen LogP contribution in [0.5, 0.6) is 11.5 Å². The Morgan fingerprint density at radius 3 is 1.22 bits per heavy atom. The smallest absolute Gasteiger partial charge is 0.178 e. The van der Waals surface area contributed by atoms with E-state index >= 15 is 0 Å². The van der Waals surface area contributed by atoms with Crippen LogP contribution in [0.25, 0.3) is 10.8 Å². The van der Waals surface area contributed by atoms with Crippen LogP contribution in [0.1, 0.15) is 0 Å². The molecule has 8 heteroatoms. The molecule has 0 fully saturated rings. The summed E-state index contributed by atoms with van der Waals surface area (Å²) in [5, 5.41) is 15.8. The molecule has 0 heterocycles. The van der Waals surface area contributed by atoms with Gasteiger partial charge < -0.3 is 21.7 Å². The van der Waals surface area contributed by atoms with Gasteiger partial charge >= 0.3 is 0 Å². The van der Waals surface area contributed by atoms with Gasteiger partial charge in [-0.3, -0.25) is 0 Å². The van der Waals surface area contributed by atoms with Gasteiger partial charge in [0.2, 0.25) is 0 Å². The highest BCUT2D eigenvalue weighted by molar-refractivity contribution is 5.94. The van der Waals surface area contributed by atoms with Crippen molar-refractivity contribution in [3.05, 3.63) is 23.3 Å². The van der Waals surface area contributed by atoms with Crippen LogP contribution in [-0.4, -0.2) is 10.2 Å². The Balaban J connectivity index is 3.22. The Labute approximate surface area is 97.0 Å². The van der Waals surface area contributed by atoms with Gasteiger partial charge in [-0.05, 0) is 0 Å². The molecule has 0 unspecified atom stereocenters. The van der Waals surface area contributed by atoms with Crippen LogP contribution in [0.15, 0.2) is 0 Å². The second kappa shape index (κ2) is 3.56. The Morgan fingerprint density at radius 2 is 0.889 bits per heavy atom. The van der Waals surface area contributed by atoms with Crippen molar-refractivity contribution < 1.29 is 27.8 Å². The zero-order valence-corrected chi connectivity index (χ0v) is 8.56. The summed E-state index contributed by atoms with van der Waals surface area (Å²) in [5.74, 6) is -9.24. The molecular weight excluding hydrogens is 256 g/mol. The molecule has 2 rings (SSSR count). The number of nitrogen functional groups attached to an aromatic ring is 2. The van der Waals surface area contributed by atoms with E-state index in [0.717, 1.165) is 0 Å². The van der Waals surface area contributed by atoms with Gasteiger partial charge in [-0.1, -0.05) is 0 Å². The van der Waals surface area contributed by atoms with E-state index in [1.165, 1.54) is 0 Å². The number of rotatable bonds is 0. The molecule has 0 spiro atoms. The van der Waals surface area contributed by atoms with E-state index in [4.69, 9.17) is 21.7 Å². The first-order valence-corrected chi connectivity index (χ1v) is 4.53. The summed E-state index contributed by atoms with van der Waals surface area (Å²) < 4.78 is 54.3. The molecular formula is C10H6F4N2O2. The maximum Gasteiger partial charge on any atom is 0.178 e. The van der Waals surface area contributed by atoms with Crippen LogP contribution in [0.2, 0.25) is 0 Å². The van der Waals surface area contributed by atoms with Gasteiger partial charge in [0.25, 0.3) is 0 Å². The fourth-order valence-corrected chi connectivity index (χ4v) is 1.58. The lowest BCUT2D eigenvalue weighted by atomic mass is 10.0. The number of halogens is 4. The second-order valence-electron chi connectivity index (χ2n) is 3.53. The van der Waals surface area contributed by atoms with Crippen molar-refractivity contribution in [2.24, 2.45) is 0 Å². The summed E-state index contributed by atoms with van der Waals surface area (Å²) in [7, 11) is 0. The standard InChI is InChI=1S/C10H6F4N2O2/c11-3-1-2(5(13)9(17)7(3)15)6(14)10(18)8(16)4(1)12/h17-18H,15-16H2. The summed E-state index contributed by atoms with van der Waals surface area (Å²) in [6.07, 6.45) is 0. The van der Waals surface area contributed by atoms with E-state index in [1.807, 2.05) is 0 Å². The highest BCUT2D eigenvalue weighted by Crippen LogP contribution is 2.42. The number of nitrogens with two attached hydrogens (primary N) is 2. The fourth-order valence-electron chi connectivity index (χ4n) is 1.58. The number of benzene rings is 2. The molecule has 0 aromatic heterocycles. The lowest BCUT2D eigenvalue weighted by Gasteiger charge is -2.12. The lowest BCUT2D eigenvalue weighted by molar-refractivity contribution is 0.422. The minimum Gasteiger partial charge on any atom is -0.503 e. The van der Waals surface area contributed by atoms with Gasteiger partial charge in [-0.2, -0.15) is 0 Å². The number of phenolic OH excluding ortho intramolecular Hbond substituents is 2. The highest BCUT2D eigenvalue weighted by atomic mass is 19.1. The first-order valence-electron chi connectivity index (χ1n) is 4.53. The zero-order valence-electron chi connectivity index (χ0n) is 8.56. The normalized spacial score (nSPS) is 11.1. The van der Waals surface area contributed by atoms with Crippen molar-refractivity contribution in [3.63, 3.8) is 0 Å². The van der Waals surface area contributed by atoms with E-state index in [9.17, 15) is 17.6 Å². The topological polar surface area (TPSA) is 92.5 Å². The fraction of sp³-hybridized carbons (Fsp3) is 0. The van der Waals surface area contributed by atoms with Crippen molar-refractivity contribution in [1.29, 1.82) is 0 Å². The molecule has 0 atom stereocenters. The van der Waals surface area contributed by atoms with E-state index in [2.05, 4.69) is 0 Å². The van der Waals surface area contributed by atoms with Gasteiger partial charge in [-0.15, -0.1) is 0 Å². The summed E-state index contributed by atoms with van der Waals surface area (Å²) >= 11 is 0. The minimum absolute atomic E-state index is 1.08. The number of hydrogen-bond acceptors (Lipinski definition) is 4. The average Bonchev–Trinajstić information content (AvgIpc) is 2.35. The zero-order chi connectivity index (χ0) is 13.8. The summed E-state index contributed by atoms with van der Waals surface area (Å²) in [5.41, 5.74) is 7.84. The number of hydrogen-bond donors (Lipinski definition) is 4. The van der Waals surface area contributed by atoms with Crippen molar-refractivity contribution >= 4 is 22.1 Å². The van der Waals surface area contributed by atoms with Crippen molar-refractivity contribution in [1.82, 2.24) is 0 Å². The molecule has 6 N–H and O–H groups in total. The number of fused-ring (bicyclic) bond motifs is 1. The monoisotopic (exact) mass is 262 g/mol. The third kappa shape index (κ3) is 1.25. The largest absolute Gasteiger partial charge is 0.503 e. The molecule has 0 radical (unpaired) electrons. The maximum absolute atomic E-state index is 13.6. The molecule has 2 aromatic rings. The van der Waals surface area contributed by atoms with Crippen molar-refractivity contribution in [3.8, 4) is 11.5 Å². The van der Waals surface area contributed by atoms with Crippen LogP contribution in [0.3, 0.4) is 0 Å². The Hall–Kier alpha value is -2.38. The predicted molar refractivity (Wildman–Crippen MR) is 55.9 cm³/mol. The van der Waals surface area contributed by atoms with Gasteiger partial charge in [0.1, 0.15) is 11.4 Å². The average molecular weight is 262 g/mol. The number of aromatic hydroxyl groups is 2. The van der Waals surface area contributed by atoms with Gasteiger partial charge in [0, 0.05) is 0 Å². The van der Waals surface area contributed by atoms with E-state index in [1.54, 1.807) is 0 Å². The van der Waals surface area contributed by atoms with Gasteiger partial charge in [0.05, 0.1) is 10.8 Å². The third-order valence-electron chi connectivity index (χ3n) is 2.53. The first kappa shape index (κ1) is 12.1. The van der Waals surface area contributed by atoms with Crippen LogP contribution in [0.4, 0.5) is 28.9 Å². The van der Waals surface area contributed by atoms with Crippen LogP contribution in [-0.2, 0) is 0 Å². The SMILES string of the molecule is Nc1c(O)c(F)c2c(F)c(O)c(N)c(F)c2c1F. The second-order valence-corrected chi connectivity index (χ2v) is 3.53. The minimum atomic E-state index is -1.68. The van der Waals surface area contributed by atoms with Crippen molar-refractivity contribution in [2.75, 3.05) is 11.5 Å². The summed E-state index contributed by atoms with van der Waals surface area (Å²) in [4.78, 5) is 0. The Kier molecular flexibility index (Phi) is 2.39. The first-order chi connectivity index (χ1) is 8.29. The molecule has 2 aromatic carbocycles. The molecule has 0 aliphatic rings. The Morgan fingerprint density at radius 1 is 0.611 bits per heavy atom. The van der Waals surface area contributed by atoms with Crippen molar-refractivity contribution in [2.45, 2.75) is 0 Å². The van der Waals surface area contributed by atoms with Gasteiger partial charge in [0.15, 0.2) is 34.8 Å². The number of anilines is 2. The molecule has 0 aliphatic carbocycles. The molecule has 0 aliphatic heterocycles. The molecule has 0 amide bonds. The van der Waals surface area contributed by atoms with Crippen LogP contribution < -0.4 is 11.5 Å². The molecule has 0 saturated heterocycles. The van der Waals surface area contributed by atoms with E-state index in [-0.39, 0.29) is 0 Å². The molecule has 0 bridgehead atoms. The quantitative estimate of drug-likeness (QED) is 0.332. The number of phenols is 2. The van der Waals surface area contributed by atoms with Crippen LogP contribution >= 0.6 is 0 Å². The molecule has 4 nitrogen and oxygen atoms in total. The maximum atomic E-state index is 13.6. The molecule has 96 valence electrons. The van der Waals surface area contributed by atoms with Crippen LogP contribution in [0, 0.1) is 23.3 Å². The summed E-state index contributed by atoms with van der Waals surface area (Å²) in [6.45, 7) is 0. The van der Waals surface area contributed by atoms with E-state index < -0.39 is 56.9 Å². The van der Waals surface area contributed by atoms with Gasteiger partial charge in [-0.25, -0.2) is 17.6 Å². The molecule has 18 heavy (non-hydrogen) atoms. The summed E-state index contributed by atoms with van der Waals surface area (Å²) in [6, 6.07) is 0. The predicted octanol–water partition coefficient (Wildman–Crippen LogP) is 1.97. The Bertz CT molecular complexity index is 575. The third-order valence-corrected chi connectivity index (χ3v) is 2.53. The highest BCUT2D eigenvalue weighted by Gasteiger charge is 2.27. The van der Waals surface area contributed by atoms with E-state index in [0.29, 0.717) is 0 Å². The lowest BCUT2D eigenvalue weighted by Crippen LogP contribution is -2.03.